The van der Waals surface area contributed by atoms with Gasteiger partial charge >= 0.3 is 6.09 Å². The fourth-order valence-electron chi connectivity index (χ4n) is 8.58. The fraction of sp³-hybridized carbons (Fsp3) is 0.468. The van der Waals surface area contributed by atoms with Gasteiger partial charge in [0.05, 0.1) is 61.1 Å². The highest BCUT2D eigenvalue weighted by Crippen LogP contribution is 2.40. The van der Waals surface area contributed by atoms with Gasteiger partial charge in [-0.2, -0.15) is 0 Å². The second-order valence-electron chi connectivity index (χ2n) is 16.2. The molecule has 338 valence electrons. The third kappa shape index (κ3) is 10.4. The summed E-state index contributed by atoms with van der Waals surface area (Å²) in [6.45, 7) is 7.51. The Bertz CT molecular complexity index is 2510. The number of rotatable bonds is 12. The highest BCUT2D eigenvalue weighted by Gasteiger charge is 2.47. The van der Waals surface area contributed by atoms with Crippen molar-refractivity contribution in [3.8, 4) is 29.4 Å². The van der Waals surface area contributed by atoms with Crippen LogP contribution in [0.2, 0.25) is 0 Å². The van der Waals surface area contributed by atoms with E-state index in [4.69, 9.17) is 28.4 Å². The van der Waals surface area contributed by atoms with Crippen molar-refractivity contribution >= 4 is 56.3 Å². The highest BCUT2D eigenvalue weighted by atomic mass is 32.2. The van der Waals surface area contributed by atoms with Crippen molar-refractivity contribution < 1.29 is 57.8 Å². The largest absolute Gasteiger partial charge is 0.508 e. The Labute approximate surface area is 374 Å². The third-order valence-electron chi connectivity index (χ3n) is 11.6. The van der Waals surface area contributed by atoms with Gasteiger partial charge in [-0.1, -0.05) is 55.4 Å². The van der Waals surface area contributed by atoms with Crippen molar-refractivity contribution in [3.63, 3.8) is 0 Å². The number of phenols is 1. The first-order valence-corrected chi connectivity index (χ1v) is 22.1. The zero-order valence-corrected chi connectivity index (χ0v) is 37.2. The van der Waals surface area contributed by atoms with Crippen molar-refractivity contribution in [2.24, 2.45) is 11.8 Å². The van der Waals surface area contributed by atoms with Crippen LogP contribution in [0.25, 0.3) is 21.8 Å². The number of Topliss-reactive ketones (excluding diaryl/α,β-unsaturated/α-hetero) is 2. The van der Waals surface area contributed by atoms with E-state index in [2.05, 4.69) is 44.3 Å². The van der Waals surface area contributed by atoms with Gasteiger partial charge in [-0.3, -0.25) is 24.7 Å². The first-order valence-electron chi connectivity index (χ1n) is 21.1. The number of methoxy groups -OCH3 is 2. The summed E-state index contributed by atoms with van der Waals surface area (Å²) in [4.78, 5) is 61.1. The maximum atomic E-state index is 14.7. The molecule has 8 unspecified atom stereocenters. The molecule has 0 bridgehead atoms. The molecule has 0 spiro atoms. The van der Waals surface area contributed by atoms with Gasteiger partial charge < -0.3 is 48.9 Å². The van der Waals surface area contributed by atoms with E-state index in [1.807, 2.05) is 13.8 Å². The molecule has 0 radical (unpaired) electrons. The predicted octanol–water partition coefficient (Wildman–Crippen LogP) is 4.60. The average Bonchev–Trinajstić information content (AvgIpc) is 3.63. The van der Waals surface area contributed by atoms with Crippen LogP contribution in [0.5, 0.6) is 5.75 Å². The van der Waals surface area contributed by atoms with E-state index in [-0.39, 0.29) is 76.2 Å². The number of alkyl carbamates (subject to hydrolysis) is 1. The van der Waals surface area contributed by atoms with Gasteiger partial charge in [-0.15, -0.1) is 0 Å². The number of carbonyl (C=O) groups excluding carboxylic acids is 4. The molecule has 2 fully saturated rings. The minimum Gasteiger partial charge on any atom is -0.508 e. The number of H-pyrrole nitrogens is 1. The molecule has 2 aliphatic heterocycles. The normalized spacial score (nSPS) is 29.4. The topological polar surface area (TPSA) is 217 Å². The first-order chi connectivity index (χ1) is 30.8. The molecule has 5 N–H and O–H groups in total. The van der Waals surface area contributed by atoms with Crippen molar-refractivity contribution in [2.75, 3.05) is 26.6 Å². The summed E-state index contributed by atoms with van der Waals surface area (Å²) in [6.07, 6.45) is -1.45. The van der Waals surface area contributed by atoms with Gasteiger partial charge in [0.15, 0.2) is 29.3 Å². The minimum absolute atomic E-state index is 0.0797. The zero-order valence-electron chi connectivity index (χ0n) is 36.3. The van der Waals surface area contributed by atoms with Crippen LogP contribution in [-0.4, -0.2) is 125 Å². The molecule has 2 aliphatic carbocycles. The average molecular weight is 897 g/mol. The summed E-state index contributed by atoms with van der Waals surface area (Å²) >= 11 is 1.00. The minimum atomic E-state index is -1.39. The van der Waals surface area contributed by atoms with E-state index in [0.29, 0.717) is 17.3 Å². The lowest BCUT2D eigenvalue weighted by molar-refractivity contribution is -0.308. The number of thioether (sulfide) groups is 1. The predicted molar refractivity (Wildman–Crippen MR) is 237 cm³/mol. The van der Waals surface area contributed by atoms with Gasteiger partial charge in [0, 0.05) is 66.7 Å². The first kappa shape index (κ1) is 46.6. The molecule has 1 aromatic carbocycles. The van der Waals surface area contributed by atoms with Gasteiger partial charge in [-0.25, -0.2) is 4.79 Å². The number of hydrogen-bond acceptors (Lipinski definition) is 15. The second kappa shape index (κ2) is 20.7. The zero-order chi connectivity index (χ0) is 45.7. The number of aliphatic hydroxyl groups excluding tert-OH is 1. The summed E-state index contributed by atoms with van der Waals surface area (Å²) in [5.41, 5.74) is 1.60. The number of aliphatic hydroxyl groups is 1. The number of aromatic amines is 1. The van der Waals surface area contributed by atoms with E-state index in [1.165, 1.54) is 19.1 Å². The number of phenolic OH excluding ortho intramolecular Hbond substituents is 1. The van der Waals surface area contributed by atoms with E-state index >= 15 is 0 Å². The van der Waals surface area contributed by atoms with Gasteiger partial charge in [0.1, 0.15) is 23.7 Å². The molecule has 4 heterocycles. The Morgan fingerprint density at radius 2 is 1.89 bits per heavy atom. The number of ether oxygens (including phenoxy) is 6. The molecule has 0 saturated carbocycles. The van der Waals surface area contributed by atoms with Gasteiger partial charge in [-0.05, 0) is 55.3 Å². The van der Waals surface area contributed by atoms with Crippen LogP contribution in [-0.2, 0) is 38.0 Å². The molecule has 16 nitrogen and oxygen atoms in total. The SMILES string of the molecule is COC(=O)NC1=C2C#C/C=C\C#C[C@H](OC3OC(C)C(C(=O)c4nccc5c4[nH]c4ccc(O)cc45)CC3OC3CC(OC)C(NC(C)C)CO3)C2/C(=C\CSC(C)=O)[C@@H](O)CC1=O. The Kier molecular flexibility index (Phi) is 15.1. The number of amides is 1. The molecular weight excluding hydrogens is 845 g/mol. The number of aromatic nitrogens is 2. The molecule has 3 aromatic rings. The van der Waals surface area contributed by atoms with E-state index in [1.54, 1.807) is 50.6 Å². The number of nitrogens with one attached hydrogen (secondary N) is 3. The maximum absolute atomic E-state index is 14.7. The van der Waals surface area contributed by atoms with E-state index < -0.39 is 67.1 Å². The van der Waals surface area contributed by atoms with Gasteiger partial charge in [0.2, 0.25) is 0 Å². The maximum Gasteiger partial charge on any atom is 0.411 e. The van der Waals surface area contributed by atoms with Crippen LogP contribution < -0.4 is 10.6 Å². The molecule has 17 heteroatoms. The van der Waals surface area contributed by atoms with Crippen molar-refractivity contribution in [1.82, 2.24) is 20.6 Å². The summed E-state index contributed by atoms with van der Waals surface area (Å²) < 4.78 is 37.3. The molecule has 4 aliphatic rings. The summed E-state index contributed by atoms with van der Waals surface area (Å²) in [7, 11) is 2.78. The van der Waals surface area contributed by atoms with Crippen molar-refractivity contribution in [3.05, 3.63) is 71.2 Å². The number of benzene rings is 1. The standard InChI is InChI=1S/C47H52N4O12S/c1-24(2)49-34-23-60-40(22-38(34)58-5)62-39-20-31(45(56)44-43-28(15-17-48-44)32-19-27(53)13-14-33(32)50-43)25(3)61-46(39)63-37-12-10-8-7-9-11-30-41(37)29(16-18-64-26(4)52)35(54)21-36(55)42(30)51-47(57)59-6/h7-8,13-17,19,24-25,31,34-35,37-41,46,49-50,53-54H,18,20-23H2,1-6H3,(H,51,57)/b8-7-,29-16-/t25?,31?,34?,35-,37-,38?,39?,40?,41?,46?/m0/s1. The highest BCUT2D eigenvalue weighted by molar-refractivity contribution is 8.13. The lowest BCUT2D eigenvalue weighted by Gasteiger charge is -2.43. The van der Waals surface area contributed by atoms with Gasteiger partial charge in [0.25, 0.3) is 0 Å². The number of carbonyl (C=O) groups is 4. The Balaban J connectivity index is 1.28. The number of nitrogens with zero attached hydrogens (tertiary/aromatic N) is 1. The van der Waals surface area contributed by atoms with Crippen LogP contribution in [0.1, 0.15) is 57.4 Å². The molecule has 64 heavy (non-hydrogen) atoms. The van der Waals surface area contributed by atoms with E-state index in [0.717, 1.165) is 29.8 Å². The number of allylic oxidation sites excluding steroid dienone is 3. The Hall–Kier alpha value is -5.34. The molecule has 2 saturated heterocycles. The lowest BCUT2D eigenvalue weighted by Crippen LogP contribution is -2.55. The summed E-state index contributed by atoms with van der Waals surface area (Å²) in [5.74, 6) is 9.35. The number of hydrogen-bond donors (Lipinski definition) is 5. The summed E-state index contributed by atoms with van der Waals surface area (Å²) in [6, 6.07) is 6.75. The quantitative estimate of drug-likeness (QED) is 0.0955. The number of fused-ring (bicyclic) bond motifs is 4. The number of aromatic hydroxyl groups is 1. The molecule has 2 aromatic heterocycles. The van der Waals surface area contributed by atoms with Crippen LogP contribution in [0, 0.1) is 35.5 Å². The molecule has 1 amide bonds. The van der Waals surface area contributed by atoms with Crippen molar-refractivity contribution in [1.29, 1.82) is 0 Å². The van der Waals surface area contributed by atoms with Crippen LogP contribution in [0.3, 0.4) is 0 Å². The fourth-order valence-corrected chi connectivity index (χ4v) is 9.09. The number of pyridine rings is 1. The van der Waals surface area contributed by atoms with E-state index in [9.17, 15) is 29.4 Å². The molecular formula is C47H52N4O12S. The van der Waals surface area contributed by atoms with Crippen molar-refractivity contribution in [2.45, 2.75) is 102 Å². The van der Waals surface area contributed by atoms with Crippen LogP contribution in [0.4, 0.5) is 4.79 Å². The van der Waals surface area contributed by atoms with Crippen LogP contribution in [0.15, 0.2) is 65.5 Å². The number of ketones is 2. The second-order valence-corrected chi connectivity index (χ2v) is 17.4. The smallest absolute Gasteiger partial charge is 0.411 e. The molecule has 10 atom stereocenters. The van der Waals surface area contributed by atoms with Crippen LogP contribution >= 0.6 is 11.8 Å². The molecule has 7 rings (SSSR count). The lowest BCUT2D eigenvalue weighted by atomic mass is 9.83. The third-order valence-corrected chi connectivity index (χ3v) is 12.3. The Morgan fingerprint density at radius 1 is 1.09 bits per heavy atom. The Morgan fingerprint density at radius 3 is 2.64 bits per heavy atom. The summed E-state index contributed by atoms with van der Waals surface area (Å²) in [5, 5.41) is 29.2. The monoisotopic (exact) mass is 896 g/mol.